The Morgan fingerprint density at radius 1 is 0.765 bits per heavy atom. The van der Waals surface area contributed by atoms with Crippen molar-refractivity contribution in [3.63, 3.8) is 0 Å². The van der Waals surface area contributed by atoms with Crippen LogP contribution in [0.4, 0.5) is 0 Å². The Morgan fingerprint density at radius 2 is 1.24 bits per heavy atom. The van der Waals surface area contributed by atoms with Crippen LogP contribution in [0.3, 0.4) is 0 Å². The van der Waals surface area contributed by atoms with E-state index in [1.807, 2.05) is 0 Å². The molecule has 17 heavy (non-hydrogen) atoms. The van der Waals surface area contributed by atoms with Crippen molar-refractivity contribution in [3.05, 3.63) is 0 Å². The summed E-state index contributed by atoms with van der Waals surface area (Å²) in [4.78, 5) is 0. The van der Waals surface area contributed by atoms with Crippen LogP contribution in [0.15, 0.2) is 0 Å². The molecule has 0 bridgehead atoms. The molecule has 0 spiro atoms. The molecule has 0 aliphatic heterocycles. The van der Waals surface area contributed by atoms with Crippen molar-refractivity contribution in [2.75, 3.05) is 0 Å². The minimum Gasteiger partial charge on any atom is -0.0654 e. The fraction of sp³-hybridized carbons (Fsp3) is 1.00. The highest BCUT2D eigenvalue weighted by Crippen LogP contribution is 2.49. The Bertz CT molecular complexity index is 190. The molecular weight excluding hydrogens is 204 g/mol. The zero-order valence-electron chi connectivity index (χ0n) is 13.5. The molecule has 0 nitrogen and oxygen atoms in total. The quantitative estimate of drug-likeness (QED) is 0.406. The fourth-order valence-corrected chi connectivity index (χ4v) is 3.18. The van der Waals surface area contributed by atoms with Gasteiger partial charge in [0.2, 0.25) is 0 Å². The summed E-state index contributed by atoms with van der Waals surface area (Å²) in [6.45, 7) is 16.9. The summed E-state index contributed by atoms with van der Waals surface area (Å²) in [5.74, 6) is 0.826. The van der Waals surface area contributed by atoms with Crippen molar-refractivity contribution in [1.82, 2.24) is 0 Å². The lowest BCUT2D eigenvalue weighted by molar-refractivity contribution is 0.0393. The average Bonchev–Trinajstić information content (AvgIpc) is 2.37. The third kappa shape index (κ3) is 4.30. The normalized spacial score (nSPS) is 17.8. The van der Waals surface area contributed by atoms with Gasteiger partial charge >= 0.3 is 0 Å². The molecule has 0 N–H and O–H groups in total. The van der Waals surface area contributed by atoms with Crippen molar-refractivity contribution >= 4 is 0 Å². The van der Waals surface area contributed by atoms with Gasteiger partial charge in [-0.05, 0) is 23.2 Å². The van der Waals surface area contributed by atoms with Gasteiger partial charge in [0, 0.05) is 0 Å². The lowest BCUT2D eigenvalue weighted by Crippen LogP contribution is -2.37. The van der Waals surface area contributed by atoms with Gasteiger partial charge in [0.05, 0.1) is 0 Å². The second-order valence-electron chi connectivity index (χ2n) is 6.55. The number of unbranched alkanes of at least 4 members (excludes halogenated alkanes) is 2. The summed E-state index contributed by atoms with van der Waals surface area (Å²) in [5.41, 5.74) is 1.06. The molecule has 0 saturated heterocycles. The Hall–Kier alpha value is 0. The molecule has 0 aromatic heterocycles. The maximum absolute atomic E-state index is 2.52. The monoisotopic (exact) mass is 240 g/mol. The standard InChI is InChI=1S/C17H36/c1-8-12-13-14-17(7,11-4)15(5)16(6,9-2)10-3/h15H,8-14H2,1-7H3. The van der Waals surface area contributed by atoms with E-state index in [0.717, 1.165) is 5.92 Å². The van der Waals surface area contributed by atoms with Gasteiger partial charge in [-0.2, -0.15) is 0 Å². The largest absolute Gasteiger partial charge is 0.0654 e. The van der Waals surface area contributed by atoms with Crippen LogP contribution in [0.1, 0.15) is 93.4 Å². The zero-order valence-corrected chi connectivity index (χ0v) is 13.5. The smallest absolute Gasteiger partial charge is 0.0298 e. The van der Waals surface area contributed by atoms with Gasteiger partial charge < -0.3 is 0 Å². The van der Waals surface area contributed by atoms with Crippen LogP contribution in [0, 0.1) is 16.7 Å². The van der Waals surface area contributed by atoms with Crippen LogP contribution >= 0.6 is 0 Å². The van der Waals surface area contributed by atoms with Crippen LogP contribution < -0.4 is 0 Å². The Labute approximate surface area is 111 Å². The van der Waals surface area contributed by atoms with E-state index in [4.69, 9.17) is 0 Å². The van der Waals surface area contributed by atoms with Crippen molar-refractivity contribution < 1.29 is 0 Å². The molecule has 0 fully saturated rings. The van der Waals surface area contributed by atoms with Gasteiger partial charge in [-0.3, -0.25) is 0 Å². The molecule has 104 valence electrons. The van der Waals surface area contributed by atoms with E-state index in [1.165, 1.54) is 44.9 Å². The molecule has 0 aromatic rings. The highest BCUT2D eigenvalue weighted by Gasteiger charge is 2.39. The molecule has 0 aliphatic rings. The Balaban J connectivity index is 4.71. The topological polar surface area (TPSA) is 0 Å². The summed E-state index contributed by atoms with van der Waals surface area (Å²) >= 11 is 0. The molecule has 2 atom stereocenters. The molecule has 0 amide bonds. The molecule has 0 heterocycles. The van der Waals surface area contributed by atoms with Gasteiger partial charge in [0.15, 0.2) is 0 Å². The summed E-state index contributed by atoms with van der Waals surface area (Å²) in [6, 6.07) is 0. The van der Waals surface area contributed by atoms with Crippen LogP contribution in [-0.2, 0) is 0 Å². The number of rotatable bonds is 9. The Kier molecular flexibility index (Phi) is 7.44. The highest BCUT2D eigenvalue weighted by atomic mass is 14.4. The third-order valence-corrected chi connectivity index (χ3v) is 5.87. The molecule has 0 rings (SSSR count). The summed E-state index contributed by atoms with van der Waals surface area (Å²) in [5, 5.41) is 0. The van der Waals surface area contributed by atoms with E-state index in [0.29, 0.717) is 10.8 Å². The first-order valence-electron chi connectivity index (χ1n) is 7.90. The summed E-state index contributed by atoms with van der Waals surface area (Å²) in [7, 11) is 0. The molecule has 0 aliphatic carbocycles. The predicted molar refractivity (Wildman–Crippen MR) is 80.4 cm³/mol. The summed E-state index contributed by atoms with van der Waals surface area (Å²) < 4.78 is 0. The van der Waals surface area contributed by atoms with E-state index in [1.54, 1.807) is 0 Å². The van der Waals surface area contributed by atoms with E-state index < -0.39 is 0 Å². The average molecular weight is 240 g/mol. The molecule has 0 aromatic carbocycles. The first kappa shape index (κ1) is 17.0. The SMILES string of the molecule is CCCCCC(C)(CC)C(C)C(C)(CC)CC. The van der Waals surface area contributed by atoms with E-state index in [2.05, 4.69) is 48.5 Å². The second-order valence-corrected chi connectivity index (χ2v) is 6.55. The predicted octanol–water partition coefficient (Wildman–Crippen LogP) is 6.45. The number of hydrogen-bond donors (Lipinski definition) is 0. The van der Waals surface area contributed by atoms with E-state index in [9.17, 15) is 0 Å². The van der Waals surface area contributed by atoms with Crippen LogP contribution in [0.25, 0.3) is 0 Å². The van der Waals surface area contributed by atoms with Gasteiger partial charge in [0.25, 0.3) is 0 Å². The molecular formula is C17H36. The molecule has 0 heteroatoms. The van der Waals surface area contributed by atoms with Crippen molar-refractivity contribution in [2.45, 2.75) is 93.4 Å². The zero-order chi connectivity index (χ0) is 13.5. The van der Waals surface area contributed by atoms with Gasteiger partial charge in [0.1, 0.15) is 0 Å². The highest BCUT2D eigenvalue weighted by molar-refractivity contribution is 4.89. The van der Waals surface area contributed by atoms with Crippen molar-refractivity contribution in [3.8, 4) is 0 Å². The van der Waals surface area contributed by atoms with Gasteiger partial charge in [-0.1, -0.05) is 87.0 Å². The van der Waals surface area contributed by atoms with E-state index >= 15 is 0 Å². The summed E-state index contributed by atoms with van der Waals surface area (Å²) in [6.07, 6.45) is 9.52. The number of hydrogen-bond acceptors (Lipinski definition) is 0. The first-order chi connectivity index (χ1) is 7.90. The maximum atomic E-state index is 2.52. The van der Waals surface area contributed by atoms with Crippen molar-refractivity contribution in [2.24, 2.45) is 16.7 Å². The third-order valence-electron chi connectivity index (χ3n) is 5.87. The second kappa shape index (κ2) is 7.44. The van der Waals surface area contributed by atoms with Gasteiger partial charge in [-0.25, -0.2) is 0 Å². The first-order valence-corrected chi connectivity index (χ1v) is 7.90. The maximum Gasteiger partial charge on any atom is -0.0298 e. The fourth-order valence-electron chi connectivity index (χ4n) is 3.18. The molecule has 2 unspecified atom stereocenters. The van der Waals surface area contributed by atoms with Crippen molar-refractivity contribution in [1.29, 1.82) is 0 Å². The lowest BCUT2D eigenvalue weighted by Gasteiger charge is -2.46. The minimum absolute atomic E-state index is 0.525. The van der Waals surface area contributed by atoms with E-state index in [-0.39, 0.29) is 0 Å². The van der Waals surface area contributed by atoms with Gasteiger partial charge in [-0.15, -0.1) is 0 Å². The van der Waals surface area contributed by atoms with Crippen LogP contribution in [0.2, 0.25) is 0 Å². The molecule has 0 radical (unpaired) electrons. The van der Waals surface area contributed by atoms with Crippen LogP contribution in [0.5, 0.6) is 0 Å². The molecule has 0 saturated carbocycles. The van der Waals surface area contributed by atoms with Crippen LogP contribution in [-0.4, -0.2) is 0 Å². The lowest BCUT2D eigenvalue weighted by atomic mass is 9.59. The minimum atomic E-state index is 0.525. The Morgan fingerprint density at radius 3 is 1.59 bits per heavy atom.